The molecule has 0 aliphatic carbocycles. The van der Waals surface area contributed by atoms with Gasteiger partial charge in [-0.2, -0.15) is 0 Å². The SMILES string of the molecule is CCCCOC(=O)COc1cccc2c1c(C(=O)C(N)=O)c(C)n2C(C)(CC)CC(C)(C)CBr. The van der Waals surface area contributed by atoms with Gasteiger partial charge in [-0.1, -0.05) is 56.1 Å². The molecule has 0 bridgehead atoms. The number of Topliss-reactive ketones (excluding diaryl/α,β-unsaturated/α-hetero) is 1. The van der Waals surface area contributed by atoms with Crippen molar-refractivity contribution in [3.8, 4) is 5.75 Å². The molecule has 0 saturated carbocycles. The van der Waals surface area contributed by atoms with Gasteiger partial charge in [0, 0.05) is 16.6 Å². The van der Waals surface area contributed by atoms with E-state index in [0.717, 1.165) is 36.5 Å². The topological polar surface area (TPSA) is 101 Å². The summed E-state index contributed by atoms with van der Waals surface area (Å²) in [6, 6.07) is 5.41. The van der Waals surface area contributed by atoms with Crippen LogP contribution in [0.2, 0.25) is 0 Å². The molecule has 188 valence electrons. The summed E-state index contributed by atoms with van der Waals surface area (Å²) in [5.41, 5.74) is 6.68. The van der Waals surface area contributed by atoms with Gasteiger partial charge in [0.05, 0.1) is 23.1 Å². The Morgan fingerprint density at radius 1 is 1.15 bits per heavy atom. The first-order chi connectivity index (χ1) is 15.9. The van der Waals surface area contributed by atoms with Gasteiger partial charge in [0.1, 0.15) is 5.75 Å². The van der Waals surface area contributed by atoms with Gasteiger partial charge in [-0.05, 0) is 50.7 Å². The molecule has 1 aromatic heterocycles. The molecule has 0 fully saturated rings. The maximum Gasteiger partial charge on any atom is 0.344 e. The number of halogens is 1. The second-order valence-corrected chi connectivity index (χ2v) is 10.4. The maximum atomic E-state index is 13.0. The summed E-state index contributed by atoms with van der Waals surface area (Å²) in [4.78, 5) is 37.1. The molecule has 0 aliphatic heterocycles. The molecule has 2 aromatic rings. The highest BCUT2D eigenvalue weighted by Gasteiger charge is 2.37. The number of fused-ring (bicyclic) bond motifs is 1. The van der Waals surface area contributed by atoms with E-state index in [4.69, 9.17) is 15.2 Å². The summed E-state index contributed by atoms with van der Waals surface area (Å²) in [6.07, 6.45) is 3.32. The lowest BCUT2D eigenvalue weighted by Crippen LogP contribution is -2.36. The average molecular weight is 537 g/mol. The summed E-state index contributed by atoms with van der Waals surface area (Å²) in [5, 5.41) is 1.30. The lowest BCUT2D eigenvalue weighted by molar-refractivity contribution is -0.146. The van der Waals surface area contributed by atoms with Crippen LogP contribution in [-0.4, -0.2) is 40.8 Å². The molecule has 8 heteroatoms. The van der Waals surface area contributed by atoms with Crippen LogP contribution in [0.5, 0.6) is 5.75 Å². The van der Waals surface area contributed by atoms with E-state index in [-0.39, 0.29) is 23.1 Å². The number of alkyl halides is 1. The number of hydrogen-bond acceptors (Lipinski definition) is 5. The quantitative estimate of drug-likeness (QED) is 0.123. The third-order valence-corrected chi connectivity index (χ3v) is 7.79. The molecule has 0 aliphatic rings. The molecule has 1 amide bonds. The molecule has 0 saturated heterocycles. The molecule has 1 unspecified atom stereocenters. The van der Waals surface area contributed by atoms with Gasteiger partial charge in [0.15, 0.2) is 6.61 Å². The van der Waals surface area contributed by atoms with Crippen LogP contribution >= 0.6 is 15.9 Å². The van der Waals surface area contributed by atoms with Gasteiger partial charge in [-0.15, -0.1) is 0 Å². The second-order valence-electron chi connectivity index (χ2n) is 9.83. The summed E-state index contributed by atoms with van der Waals surface area (Å²) in [5.74, 6) is -1.95. The van der Waals surface area contributed by atoms with Crippen molar-refractivity contribution in [3.63, 3.8) is 0 Å². The van der Waals surface area contributed by atoms with Crippen molar-refractivity contribution in [1.29, 1.82) is 0 Å². The Hall–Kier alpha value is -2.35. The minimum atomic E-state index is -1.03. The van der Waals surface area contributed by atoms with Crippen LogP contribution in [0.1, 0.15) is 76.4 Å². The van der Waals surface area contributed by atoms with E-state index in [1.807, 2.05) is 26.0 Å². The van der Waals surface area contributed by atoms with E-state index in [0.29, 0.717) is 23.4 Å². The largest absolute Gasteiger partial charge is 0.481 e. The molecule has 2 N–H and O–H groups in total. The van der Waals surface area contributed by atoms with Crippen LogP contribution in [0.3, 0.4) is 0 Å². The standard InChI is InChI=1S/C26H37BrN2O5/c1-7-9-13-33-20(30)14-34-19-12-10-11-18-22(19)21(23(31)24(28)32)17(3)29(18)26(6,8-2)15-25(4,5)16-27/h10-12H,7-9,13-16H2,1-6H3,(H2,28,32). The summed E-state index contributed by atoms with van der Waals surface area (Å²) < 4.78 is 13.1. The highest BCUT2D eigenvalue weighted by atomic mass is 79.9. The summed E-state index contributed by atoms with van der Waals surface area (Å²) in [6.45, 7) is 12.5. The van der Waals surface area contributed by atoms with Gasteiger partial charge < -0.3 is 19.8 Å². The third kappa shape index (κ3) is 6.01. The van der Waals surface area contributed by atoms with Crippen molar-refractivity contribution in [2.45, 2.75) is 72.8 Å². The molecule has 34 heavy (non-hydrogen) atoms. The lowest BCUT2D eigenvalue weighted by Gasteiger charge is -2.39. The van der Waals surface area contributed by atoms with Crippen molar-refractivity contribution >= 4 is 44.5 Å². The van der Waals surface area contributed by atoms with Gasteiger partial charge in [0.2, 0.25) is 0 Å². The number of primary amides is 1. The number of aromatic nitrogens is 1. The van der Waals surface area contributed by atoms with Gasteiger partial charge in [-0.25, -0.2) is 4.79 Å². The van der Waals surface area contributed by atoms with E-state index in [1.165, 1.54) is 0 Å². The Kier molecular flexibility index (Phi) is 9.34. The molecule has 2 rings (SSSR count). The maximum absolute atomic E-state index is 13.0. The van der Waals surface area contributed by atoms with Gasteiger partial charge in [0.25, 0.3) is 11.7 Å². The van der Waals surface area contributed by atoms with Crippen molar-refractivity contribution in [3.05, 3.63) is 29.5 Å². The van der Waals surface area contributed by atoms with Gasteiger partial charge >= 0.3 is 5.97 Å². The van der Waals surface area contributed by atoms with E-state index < -0.39 is 17.7 Å². The van der Waals surface area contributed by atoms with E-state index >= 15 is 0 Å². The fourth-order valence-corrected chi connectivity index (χ4v) is 4.79. The Bertz CT molecular complexity index is 1060. The number of nitrogens with two attached hydrogens (primary N) is 1. The van der Waals surface area contributed by atoms with Crippen LogP contribution in [0.25, 0.3) is 10.9 Å². The van der Waals surface area contributed by atoms with E-state index in [9.17, 15) is 14.4 Å². The van der Waals surface area contributed by atoms with Gasteiger partial charge in [-0.3, -0.25) is 9.59 Å². The Balaban J connectivity index is 2.66. The molecule has 1 atom stereocenters. The molecular formula is C26H37BrN2O5. The van der Waals surface area contributed by atoms with Crippen LogP contribution < -0.4 is 10.5 Å². The zero-order valence-corrected chi connectivity index (χ0v) is 22.7. The number of carbonyl (C=O) groups is 3. The number of nitrogens with zero attached hydrogens (tertiary/aromatic N) is 1. The van der Waals surface area contributed by atoms with Crippen LogP contribution in [0.15, 0.2) is 18.2 Å². The number of ketones is 1. The minimum absolute atomic E-state index is 0.0159. The number of benzene rings is 1. The average Bonchev–Trinajstić information content (AvgIpc) is 3.09. The van der Waals surface area contributed by atoms with Crippen LogP contribution in [0, 0.1) is 12.3 Å². The number of ether oxygens (including phenoxy) is 2. The lowest BCUT2D eigenvalue weighted by atomic mass is 9.79. The Morgan fingerprint density at radius 3 is 2.38 bits per heavy atom. The van der Waals surface area contributed by atoms with E-state index in [1.54, 1.807) is 6.07 Å². The third-order valence-electron chi connectivity index (χ3n) is 6.27. The summed E-state index contributed by atoms with van der Waals surface area (Å²) >= 11 is 3.62. The van der Waals surface area contributed by atoms with Crippen molar-refractivity contribution in [2.24, 2.45) is 11.1 Å². The fraction of sp³-hybridized carbons (Fsp3) is 0.577. The molecule has 7 nitrogen and oxygen atoms in total. The predicted octanol–water partition coefficient (Wildman–Crippen LogP) is 5.28. The zero-order valence-electron chi connectivity index (χ0n) is 21.1. The number of unbranched alkanes of at least 4 members (excludes halogenated alkanes) is 1. The molecule has 1 aromatic carbocycles. The first kappa shape index (κ1) is 27.9. The minimum Gasteiger partial charge on any atom is -0.481 e. The number of carbonyl (C=O) groups excluding carboxylic acids is 3. The first-order valence-corrected chi connectivity index (χ1v) is 12.9. The Morgan fingerprint density at radius 2 is 1.82 bits per heavy atom. The summed E-state index contributed by atoms with van der Waals surface area (Å²) in [7, 11) is 0. The number of rotatable bonds is 13. The number of amides is 1. The smallest absolute Gasteiger partial charge is 0.344 e. The fourth-order valence-electron chi connectivity index (χ4n) is 4.60. The monoisotopic (exact) mass is 536 g/mol. The molecule has 1 heterocycles. The predicted molar refractivity (Wildman–Crippen MR) is 138 cm³/mol. The Labute approximate surface area is 210 Å². The molecule has 0 spiro atoms. The molecular weight excluding hydrogens is 500 g/mol. The van der Waals surface area contributed by atoms with E-state index in [2.05, 4.69) is 48.2 Å². The van der Waals surface area contributed by atoms with Crippen molar-refractivity contribution in [2.75, 3.05) is 18.5 Å². The van der Waals surface area contributed by atoms with Crippen molar-refractivity contribution in [1.82, 2.24) is 4.57 Å². The van der Waals surface area contributed by atoms with Crippen LogP contribution in [0.4, 0.5) is 0 Å². The zero-order chi connectivity index (χ0) is 25.7. The second kappa shape index (κ2) is 11.4. The molecule has 0 radical (unpaired) electrons. The first-order valence-electron chi connectivity index (χ1n) is 11.8. The highest BCUT2D eigenvalue weighted by molar-refractivity contribution is 9.09. The van der Waals surface area contributed by atoms with Crippen LogP contribution in [-0.2, 0) is 19.9 Å². The van der Waals surface area contributed by atoms with Crippen molar-refractivity contribution < 1.29 is 23.9 Å². The number of hydrogen-bond donors (Lipinski definition) is 1. The highest BCUT2D eigenvalue weighted by Crippen LogP contribution is 2.43. The number of esters is 1. The normalized spacial score (nSPS) is 13.5.